The van der Waals surface area contributed by atoms with E-state index in [1.165, 1.54) is 0 Å². The van der Waals surface area contributed by atoms with E-state index in [2.05, 4.69) is 20.9 Å². The maximum atomic E-state index is 5.64. The average Bonchev–Trinajstić information content (AvgIpc) is 2.03. The van der Waals surface area contributed by atoms with Gasteiger partial charge in [-0.2, -0.15) is 0 Å². The molecule has 0 aromatic carbocycles. The smallest absolute Gasteiger partial charge is 0.130 e. The first kappa shape index (κ1) is 9.48. The average molecular weight is 231 g/mol. The maximum absolute atomic E-state index is 5.64. The Hall–Kier alpha value is -0.610. The number of nitrogen functional groups attached to an aromatic ring is 1. The van der Waals surface area contributed by atoms with Crippen LogP contribution < -0.4 is 5.73 Å². The molecule has 1 rings (SSSR count). The van der Waals surface area contributed by atoms with Gasteiger partial charge >= 0.3 is 0 Å². The van der Waals surface area contributed by atoms with Crippen LogP contribution in [0.25, 0.3) is 0 Å². The summed E-state index contributed by atoms with van der Waals surface area (Å²) >= 11 is 3.23. The molecule has 0 bridgehead atoms. The number of ether oxygens (including phenoxy) is 1. The lowest BCUT2D eigenvalue weighted by molar-refractivity contribution is 0.134. The minimum atomic E-state index is 0.526. The zero-order valence-electron chi connectivity index (χ0n) is 6.88. The molecule has 1 aromatic heterocycles. The molecule has 0 atom stereocenters. The number of hydrogen-bond acceptors (Lipinski definition) is 3. The van der Waals surface area contributed by atoms with Crippen molar-refractivity contribution in [2.24, 2.45) is 0 Å². The van der Waals surface area contributed by atoms with Crippen LogP contribution in [0.3, 0.4) is 0 Å². The highest BCUT2D eigenvalue weighted by atomic mass is 79.9. The Bertz CT molecular complexity index is 265. The van der Waals surface area contributed by atoms with Crippen molar-refractivity contribution in [3.05, 3.63) is 22.3 Å². The highest BCUT2D eigenvalue weighted by Crippen LogP contribution is 2.14. The second kappa shape index (κ2) is 4.42. The summed E-state index contributed by atoms with van der Waals surface area (Å²) in [6.45, 7) is 3.17. The molecule has 0 aliphatic heterocycles. The molecule has 12 heavy (non-hydrogen) atoms. The Morgan fingerprint density at radius 3 is 2.92 bits per heavy atom. The second-order valence-corrected chi connectivity index (χ2v) is 3.13. The summed E-state index contributed by atoms with van der Waals surface area (Å²) in [5, 5.41) is 0. The summed E-state index contributed by atoms with van der Waals surface area (Å²) in [5.41, 5.74) is 6.57. The monoisotopic (exact) mass is 230 g/mol. The number of pyridine rings is 1. The number of rotatable bonds is 3. The molecule has 0 saturated heterocycles. The lowest BCUT2D eigenvalue weighted by Crippen LogP contribution is -2.00. The minimum Gasteiger partial charge on any atom is -0.383 e. The topological polar surface area (TPSA) is 48.1 Å². The third-order valence-corrected chi connectivity index (χ3v) is 1.88. The van der Waals surface area contributed by atoms with E-state index in [-0.39, 0.29) is 0 Å². The van der Waals surface area contributed by atoms with Gasteiger partial charge in [0.1, 0.15) is 10.4 Å². The van der Waals surface area contributed by atoms with Crippen LogP contribution in [0.5, 0.6) is 0 Å². The molecule has 66 valence electrons. The highest BCUT2D eigenvalue weighted by Gasteiger charge is 1.99. The highest BCUT2D eigenvalue weighted by molar-refractivity contribution is 9.10. The molecule has 0 saturated carbocycles. The van der Waals surface area contributed by atoms with Crippen molar-refractivity contribution >= 4 is 21.7 Å². The van der Waals surface area contributed by atoms with Gasteiger partial charge in [0.05, 0.1) is 6.61 Å². The molecule has 0 aliphatic carbocycles. The fourth-order valence-electron chi connectivity index (χ4n) is 0.813. The molecule has 4 heteroatoms. The van der Waals surface area contributed by atoms with Crippen molar-refractivity contribution in [3.8, 4) is 0 Å². The quantitative estimate of drug-likeness (QED) is 0.809. The van der Waals surface area contributed by atoms with Gasteiger partial charge in [-0.05, 0) is 28.9 Å². The minimum absolute atomic E-state index is 0.526. The maximum Gasteiger partial charge on any atom is 0.130 e. The third kappa shape index (κ3) is 2.46. The van der Waals surface area contributed by atoms with Crippen molar-refractivity contribution in [2.45, 2.75) is 13.5 Å². The van der Waals surface area contributed by atoms with Crippen LogP contribution in [0, 0.1) is 0 Å². The third-order valence-electron chi connectivity index (χ3n) is 1.44. The summed E-state index contributed by atoms with van der Waals surface area (Å²) in [6.07, 6.45) is 0. The molecule has 1 aromatic rings. The lowest BCUT2D eigenvalue weighted by Gasteiger charge is -2.04. The normalized spacial score (nSPS) is 10.2. The summed E-state index contributed by atoms with van der Waals surface area (Å²) in [7, 11) is 0. The van der Waals surface area contributed by atoms with Crippen molar-refractivity contribution in [1.29, 1.82) is 0 Å². The summed E-state index contributed by atoms with van der Waals surface area (Å²) < 4.78 is 5.96. The van der Waals surface area contributed by atoms with Crippen LogP contribution in [0.2, 0.25) is 0 Å². The van der Waals surface area contributed by atoms with Crippen molar-refractivity contribution in [2.75, 3.05) is 12.3 Å². The Morgan fingerprint density at radius 2 is 2.33 bits per heavy atom. The van der Waals surface area contributed by atoms with Gasteiger partial charge in [0, 0.05) is 12.2 Å². The van der Waals surface area contributed by atoms with E-state index in [1.54, 1.807) is 0 Å². The fraction of sp³-hybridized carbons (Fsp3) is 0.375. The molecule has 1 heterocycles. The van der Waals surface area contributed by atoms with Crippen LogP contribution in [0.15, 0.2) is 16.7 Å². The molecule has 0 spiro atoms. The van der Waals surface area contributed by atoms with Crippen LogP contribution in [-0.2, 0) is 11.3 Å². The van der Waals surface area contributed by atoms with Crippen molar-refractivity contribution < 1.29 is 4.74 Å². The van der Waals surface area contributed by atoms with Gasteiger partial charge in [-0.1, -0.05) is 6.07 Å². The van der Waals surface area contributed by atoms with E-state index in [4.69, 9.17) is 10.5 Å². The van der Waals surface area contributed by atoms with Gasteiger partial charge in [-0.15, -0.1) is 0 Å². The van der Waals surface area contributed by atoms with Gasteiger partial charge < -0.3 is 10.5 Å². The molecular weight excluding hydrogens is 220 g/mol. The zero-order valence-corrected chi connectivity index (χ0v) is 8.47. The number of anilines is 1. The lowest BCUT2D eigenvalue weighted by atomic mass is 10.3. The molecule has 0 radical (unpaired) electrons. The predicted octanol–water partition coefficient (Wildman–Crippen LogP) is 1.96. The van der Waals surface area contributed by atoms with Crippen LogP contribution in [0.4, 0.5) is 5.82 Å². The predicted molar refractivity (Wildman–Crippen MR) is 51.7 cm³/mol. The molecular formula is C8H11BrN2O. The van der Waals surface area contributed by atoms with E-state index >= 15 is 0 Å². The van der Waals surface area contributed by atoms with E-state index < -0.39 is 0 Å². The van der Waals surface area contributed by atoms with Gasteiger partial charge in [0.2, 0.25) is 0 Å². The molecule has 0 amide bonds. The molecule has 3 nitrogen and oxygen atoms in total. The van der Waals surface area contributed by atoms with E-state index in [9.17, 15) is 0 Å². The summed E-state index contributed by atoms with van der Waals surface area (Å²) in [4.78, 5) is 4.04. The second-order valence-electron chi connectivity index (χ2n) is 2.32. The first-order valence-electron chi connectivity index (χ1n) is 3.72. The SMILES string of the molecule is CCOCc1ccc(Br)nc1N. The van der Waals surface area contributed by atoms with Gasteiger partial charge in [-0.25, -0.2) is 4.98 Å². The van der Waals surface area contributed by atoms with Gasteiger partial charge in [0.15, 0.2) is 0 Å². The van der Waals surface area contributed by atoms with Crippen molar-refractivity contribution in [1.82, 2.24) is 4.98 Å². The van der Waals surface area contributed by atoms with Gasteiger partial charge in [0.25, 0.3) is 0 Å². The summed E-state index contributed by atoms with van der Waals surface area (Å²) in [5.74, 6) is 0.526. The Morgan fingerprint density at radius 1 is 1.58 bits per heavy atom. The number of nitrogens with two attached hydrogens (primary N) is 1. The molecule has 0 fully saturated rings. The van der Waals surface area contributed by atoms with E-state index in [0.29, 0.717) is 19.0 Å². The molecule has 2 N–H and O–H groups in total. The number of hydrogen-bond donors (Lipinski definition) is 1. The standard InChI is InChI=1S/C8H11BrN2O/c1-2-12-5-6-3-4-7(9)11-8(6)10/h3-4H,2,5H2,1H3,(H2,10,11). The molecule has 0 unspecified atom stereocenters. The van der Waals surface area contributed by atoms with Crippen molar-refractivity contribution in [3.63, 3.8) is 0 Å². The molecule has 0 aliphatic rings. The fourth-order valence-corrected chi connectivity index (χ4v) is 1.14. The van der Waals surface area contributed by atoms with Crippen LogP contribution in [-0.4, -0.2) is 11.6 Å². The van der Waals surface area contributed by atoms with Crippen LogP contribution in [0.1, 0.15) is 12.5 Å². The Labute approximate surface area is 80.1 Å². The van der Waals surface area contributed by atoms with E-state index in [1.807, 2.05) is 19.1 Å². The Kier molecular flexibility index (Phi) is 3.49. The van der Waals surface area contributed by atoms with Crippen LogP contribution >= 0.6 is 15.9 Å². The largest absolute Gasteiger partial charge is 0.383 e. The first-order valence-corrected chi connectivity index (χ1v) is 4.52. The first-order chi connectivity index (χ1) is 5.74. The number of aromatic nitrogens is 1. The number of halogens is 1. The number of nitrogens with zero attached hydrogens (tertiary/aromatic N) is 1. The van der Waals surface area contributed by atoms with E-state index in [0.717, 1.165) is 10.2 Å². The zero-order chi connectivity index (χ0) is 8.97. The summed E-state index contributed by atoms with van der Waals surface area (Å²) in [6, 6.07) is 3.76. The van der Waals surface area contributed by atoms with Gasteiger partial charge in [-0.3, -0.25) is 0 Å². The Balaban J connectivity index is 2.72.